The van der Waals surface area contributed by atoms with E-state index in [4.69, 9.17) is 4.74 Å². The van der Waals surface area contributed by atoms with E-state index >= 15 is 0 Å². The largest absolute Gasteiger partial charge is 0.468 e. The van der Waals surface area contributed by atoms with Gasteiger partial charge in [0.25, 0.3) is 0 Å². The number of esters is 1. The maximum Gasteiger partial charge on any atom is 0.417 e. The Hall–Kier alpha value is -1.73. The lowest BCUT2D eigenvalue weighted by atomic mass is 9.97. The van der Waals surface area contributed by atoms with Crippen LogP contribution in [0.3, 0.4) is 0 Å². The molecule has 0 aliphatic carbocycles. The van der Waals surface area contributed by atoms with Crippen molar-refractivity contribution in [2.45, 2.75) is 59.0 Å². The van der Waals surface area contributed by atoms with Crippen LogP contribution in [-0.4, -0.2) is 48.6 Å². The smallest absolute Gasteiger partial charge is 0.417 e. The number of piperidine rings is 1. The maximum atomic E-state index is 12.0. The summed E-state index contributed by atoms with van der Waals surface area (Å²) in [5.74, 6) is -2.04. The molecule has 1 rings (SSSR count). The van der Waals surface area contributed by atoms with Gasteiger partial charge in [-0.3, -0.25) is 9.59 Å². The molecule has 0 saturated carbocycles. The predicted molar refractivity (Wildman–Crippen MR) is 79.0 cm³/mol. The third kappa shape index (κ3) is 7.90. The number of amides is 2. The second-order valence-electron chi connectivity index (χ2n) is 5.99. The molecule has 0 radical (unpaired) electrons. The zero-order valence-corrected chi connectivity index (χ0v) is 14.2. The van der Waals surface area contributed by atoms with E-state index in [-0.39, 0.29) is 13.0 Å². The first-order valence-corrected chi connectivity index (χ1v) is 7.43. The van der Waals surface area contributed by atoms with Gasteiger partial charge in [-0.05, 0) is 33.6 Å². The predicted octanol–water partition coefficient (Wildman–Crippen LogP) is 2.99. The van der Waals surface area contributed by atoms with Gasteiger partial charge in [-0.25, -0.2) is 18.5 Å². The molecule has 0 N–H and O–H groups in total. The third-order valence-electron chi connectivity index (χ3n) is 2.85. The average Bonchev–Trinajstić information content (AvgIpc) is 2.45. The summed E-state index contributed by atoms with van der Waals surface area (Å²) >= 11 is 0. The molecule has 1 unspecified atom stereocenters. The number of alkyl halides is 2. The van der Waals surface area contributed by atoms with Crippen molar-refractivity contribution in [3.63, 3.8) is 0 Å². The van der Waals surface area contributed by atoms with E-state index in [9.17, 15) is 23.2 Å². The lowest BCUT2D eigenvalue weighted by Gasteiger charge is -2.31. The summed E-state index contributed by atoms with van der Waals surface area (Å²) < 4.78 is 31.2. The molecule has 2 amide bonds. The molecule has 8 heteroatoms. The molecule has 0 aromatic heterocycles. The van der Waals surface area contributed by atoms with Gasteiger partial charge in [0.05, 0.1) is 7.11 Å². The summed E-state index contributed by atoms with van der Waals surface area (Å²) in [5.41, 5.74) is -0.671. The Morgan fingerprint density at radius 2 is 1.87 bits per heavy atom. The summed E-state index contributed by atoms with van der Waals surface area (Å²) in [6.45, 7) is 6.89. The Morgan fingerprint density at radius 3 is 2.26 bits per heavy atom. The molecule has 0 aromatic rings. The van der Waals surface area contributed by atoms with Crippen molar-refractivity contribution in [3.8, 4) is 0 Å². The van der Waals surface area contributed by atoms with E-state index in [2.05, 4.69) is 4.74 Å². The van der Waals surface area contributed by atoms with Crippen LogP contribution in [-0.2, 0) is 19.1 Å². The standard InChI is InChI=1S/C12H19NO5.C3H6F2/c1-12(2,3)18-11(16)13-7-5-6-8(9(13)14)10(15)17-4;1-2-3(4)5/h8H,5-7H2,1-4H3;3H,2H2,1H3. The van der Waals surface area contributed by atoms with Crippen molar-refractivity contribution in [3.05, 3.63) is 0 Å². The van der Waals surface area contributed by atoms with Crippen molar-refractivity contribution in [2.24, 2.45) is 5.92 Å². The normalized spacial score (nSPS) is 18.2. The quantitative estimate of drug-likeness (QED) is 0.572. The SMILES string of the molecule is CCC(F)F.COC(=O)C1CCCN(C(=O)OC(C)(C)C)C1=O. The average molecular weight is 337 g/mol. The molecule has 1 aliphatic rings. The third-order valence-corrected chi connectivity index (χ3v) is 2.85. The maximum absolute atomic E-state index is 12.0. The molecular weight excluding hydrogens is 312 g/mol. The van der Waals surface area contributed by atoms with Crippen LogP contribution in [0.15, 0.2) is 0 Å². The Morgan fingerprint density at radius 1 is 1.35 bits per heavy atom. The first kappa shape index (κ1) is 21.3. The van der Waals surface area contributed by atoms with E-state index < -0.39 is 35.9 Å². The number of carbonyl (C=O) groups is 3. The monoisotopic (exact) mass is 337 g/mol. The zero-order chi connectivity index (χ0) is 18.2. The molecule has 6 nitrogen and oxygen atoms in total. The highest BCUT2D eigenvalue weighted by atomic mass is 19.3. The molecule has 1 atom stereocenters. The number of methoxy groups -OCH3 is 1. The highest BCUT2D eigenvalue weighted by molar-refractivity contribution is 6.04. The molecule has 23 heavy (non-hydrogen) atoms. The van der Waals surface area contributed by atoms with Crippen LogP contribution in [0.5, 0.6) is 0 Å². The number of halogens is 2. The fourth-order valence-electron chi connectivity index (χ4n) is 1.73. The van der Waals surface area contributed by atoms with E-state index in [1.807, 2.05) is 0 Å². The van der Waals surface area contributed by atoms with Gasteiger partial charge in [-0.1, -0.05) is 6.92 Å². The van der Waals surface area contributed by atoms with Crippen molar-refractivity contribution in [1.82, 2.24) is 4.90 Å². The minimum Gasteiger partial charge on any atom is -0.468 e. The van der Waals surface area contributed by atoms with E-state index in [1.54, 1.807) is 20.8 Å². The number of carbonyl (C=O) groups excluding carboxylic acids is 3. The summed E-state index contributed by atoms with van der Waals surface area (Å²) in [6.07, 6.45) is -1.87. The van der Waals surface area contributed by atoms with E-state index in [1.165, 1.54) is 14.0 Å². The van der Waals surface area contributed by atoms with Gasteiger partial charge >= 0.3 is 12.1 Å². The van der Waals surface area contributed by atoms with E-state index in [0.29, 0.717) is 12.8 Å². The molecule has 134 valence electrons. The Kier molecular flexibility index (Phi) is 8.71. The fraction of sp³-hybridized carbons (Fsp3) is 0.800. The number of likely N-dealkylation sites (tertiary alicyclic amines) is 1. The summed E-state index contributed by atoms with van der Waals surface area (Å²) in [5, 5.41) is 0. The Labute approximate surface area is 135 Å². The number of nitrogens with zero attached hydrogens (tertiary/aromatic N) is 1. The fourth-order valence-corrected chi connectivity index (χ4v) is 1.73. The van der Waals surface area contributed by atoms with Crippen molar-refractivity contribution >= 4 is 18.0 Å². The minimum absolute atomic E-state index is 0.0278. The molecule has 0 bridgehead atoms. The molecule has 1 heterocycles. The number of hydrogen-bond acceptors (Lipinski definition) is 5. The zero-order valence-electron chi connectivity index (χ0n) is 14.2. The van der Waals surface area contributed by atoms with Crippen molar-refractivity contribution in [1.29, 1.82) is 0 Å². The van der Waals surface area contributed by atoms with E-state index in [0.717, 1.165) is 4.90 Å². The van der Waals surface area contributed by atoms with Crippen molar-refractivity contribution < 1.29 is 32.6 Å². The topological polar surface area (TPSA) is 72.9 Å². The van der Waals surface area contributed by atoms with Crippen molar-refractivity contribution in [2.75, 3.05) is 13.7 Å². The van der Waals surface area contributed by atoms with Crippen LogP contribution < -0.4 is 0 Å². The summed E-state index contributed by atoms with van der Waals surface area (Å²) in [6, 6.07) is 0. The van der Waals surface area contributed by atoms with Crippen LogP contribution in [0.2, 0.25) is 0 Å². The molecule has 1 aliphatic heterocycles. The van der Waals surface area contributed by atoms with Gasteiger partial charge in [0.15, 0.2) is 0 Å². The van der Waals surface area contributed by atoms with Gasteiger partial charge in [0.2, 0.25) is 12.3 Å². The highest BCUT2D eigenvalue weighted by Gasteiger charge is 2.39. The molecule has 1 fully saturated rings. The Balaban J connectivity index is 0.000000841. The summed E-state index contributed by atoms with van der Waals surface area (Å²) in [4.78, 5) is 36.2. The number of ether oxygens (including phenoxy) is 2. The molecule has 0 aromatic carbocycles. The van der Waals surface area contributed by atoms with Crippen LogP contribution in [0.25, 0.3) is 0 Å². The number of imide groups is 1. The van der Waals surface area contributed by atoms with Gasteiger partial charge in [-0.15, -0.1) is 0 Å². The first-order chi connectivity index (χ1) is 10.5. The van der Waals surface area contributed by atoms with Crippen LogP contribution in [0, 0.1) is 5.92 Å². The minimum atomic E-state index is -2.12. The second-order valence-corrected chi connectivity index (χ2v) is 5.99. The lowest BCUT2D eigenvalue weighted by Crippen LogP contribution is -2.49. The number of rotatable bonds is 2. The van der Waals surface area contributed by atoms with Gasteiger partial charge in [-0.2, -0.15) is 0 Å². The van der Waals surface area contributed by atoms with Crippen LogP contribution >= 0.6 is 0 Å². The Bertz CT molecular complexity index is 421. The lowest BCUT2D eigenvalue weighted by molar-refractivity contribution is -0.155. The summed E-state index contributed by atoms with van der Waals surface area (Å²) in [7, 11) is 1.22. The second kappa shape index (κ2) is 9.42. The highest BCUT2D eigenvalue weighted by Crippen LogP contribution is 2.21. The van der Waals surface area contributed by atoms with Crippen LogP contribution in [0.4, 0.5) is 13.6 Å². The number of hydrogen-bond donors (Lipinski definition) is 0. The first-order valence-electron chi connectivity index (χ1n) is 7.43. The van der Waals surface area contributed by atoms with Gasteiger partial charge < -0.3 is 9.47 Å². The molecule has 0 spiro atoms. The molecule has 1 saturated heterocycles. The van der Waals surface area contributed by atoms with Crippen LogP contribution in [0.1, 0.15) is 47.0 Å². The van der Waals surface area contributed by atoms with Gasteiger partial charge in [0.1, 0.15) is 11.5 Å². The van der Waals surface area contributed by atoms with Gasteiger partial charge in [0, 0.05) is 13.0 Å². The molecular formula is C15H25F2NO5.